The lowest BCUT2D eigenvalue weighted by atomic mass is 9.91. The topological polar surface area (TPSA) is 84.5 Å². The maximum absolute atomic E-state index is 12.8. The van der Waals surface area contributed by atoms with Gasteiger partial charge in [-0.05, 0) is 36.6 Å². The molecule has 0 saturated carbocycles. The third-order valence-corrected chi connectivity index (χ3v) is 4.73. The molecule has 0 radical (unpaired) electrons. The number of nitrogens with one attached hydrogen (secondary N) is 2. The molecule has 6 nitrogen and oxygen atoms in total. The van der Waals surface area contributed by atoms with E-state index in [2.05, 4.69) is 10.6 Å². The summed E-state index contributed by atoms with van der Waals surface area (Å²) in [5.41, 5.74) is 4.06. The van der Waals surface area contributed by atoms with E-state index in [4.69, 9.17) is 4.74 Å². The fraction of sp³-hybridized carbons (Fsp3) is 0.160. The van der Waals surface area contributed by atoms with Crippen LogP contribution in [-0.4, -0.2) is 24.5 Å². The fourth-order valence-corrected chi connectivity index (χ4v) is 3.25. The maximum atomic E-state index is 12.8. The number of aryl methyl sites for hydroxylation is 2. The molecular formula is C25H24N2O4. The number of amides is 3. The van der Waals surface area contributed by atoms with Crippen molar-refractivity contribution in [2.24, 2.45) is 0 Å². The van der Waals surface area contributed by atoms with Gasteiger partial charge in [0.25, 0.3) is 5.91 Å². The van der Waals surface area contributed by atoms with Crippen LogP contribution in [0.4, 0.5) is 10.5 Å². The van der Waals surface area contributed by atoms with E-state index in [0.29, 0.717) is 5.69 Å². The molecule has 31 heavy (non-hydrogen) atoms. The van der Waals surface area contributed by atoms with Gasteiger partial charge < -0.3 is 10.1 Å². The lowest BCUT2D eigenvalue weighted by Crippen LogP contribution is -2.37. The summed E-state index contributed by atoms with van der Waals surface area (Å²) in [6.07, 6.45) is 0. The van der Waals surface area contributed by atoms with E-state index in [1.807, 2.05) is 86.6 Å². The molecule has 3 amide bonds. The van der Waals surface area contributed by atoms with Crippen LogP contribution in [0.5, 0.6) is 0 Å². The number of esters is 1. The Hall–Kier alpha value is -3.93. The van der Waals surface area contributed by atoms with E-state index >= 15 is 0 Å². The van der Waals surface area contributed by atoms with Crippen molar-refractivity contribution in [1.82, 2.24) is 5.32 Å². The van der Waals surface area contributed by atoms with Gasteiger partial charge in [0.15, 0.2) is 6.61 Å². The number of carbonyl (C=O) groups is 3. The summed E-state index contributed by atoms with van der Waals surface area (Å²) in [5, 5.41) is 4.80. The van der Waals surface area contributed by atoms with Gasteiger partial charge in [0.1, 0.15) is 5.92 Å². The van der Waals surface area contributed by atoms with E-state index in [1.54, 1.807) is 6.07 Å². The molecule has 0 aliphatic carbocycles. The first kappa shape index (κ1) is 21.8. The third-order valence-electron chi connectivity index (χ3n) is 4.73. The summed E-state index contributed by atoms with van der Waals surface area (Å²) in [7, 11) is 0. The van der Waals surface area contributed by atoms with E-state index < -0.39 is 30.4 Å². The lowest BCUT2D eigenvalue weighted by molar-refractivity contribution is -0.148. The van der Waals surface area contributed by atoms with Gasteiger partial charge in [0.2, 0.25) is 0 Å². The SMILES string of the molecule is Cc1ccc(NC(=O)NC(=O)COC(=O)C(c2ccccc2)c2ccccc2)c(C)c1. The molecule has 0 heterocycles. The molecule has 0 spiro atoms. The number of rotatable bonds is 6. The van der Waals surface area contributed by atoms with Crippen LogP contribution in [-0.2, 0) is 14.3 Å². The molecule has 0 atom stereocenters. The van der Waals surface area contributed by atoms with E-state index in [-0.39, 0.29) is 0 Å². The highest BCUT2D eigenvalue weighted by molar-refractivity contribution is 6.02. The number of hydrogen-bond acceptors (Lipinski definition) is 4. The van der Waals surface area contributed by atoms with Crippen LogP contribution < -0.4 is 10.6 Å². The van der Waals surface area contributed by atoms with Crippen molar-refractivity contribution in [3.05, 3.63) is 101 Å². The number of benzene rings is 3. The molecule has 3 aromatic rings. The molecule has 0 saturated heterocycles. The van der Waals surface area contributed by atoms with Crippen molar-refractivity contribution in [2.45, 2.75) is 19.8 Å². The predicted molar refractivity (Wildman–Crippen MR) is 119 cm³/mol. The van der Waals surface area contributed by atoms with Crippen molar-refractivity contribution in [1.29, 1.82) is 0 Å². The molecule has 0 bridgehead atoms. The van der Waals surface area contributed by atoms with E-state index in [1.165, 1.54) is 0 Å². The van der Waals surface area contributed by atoms with Crippen LogP contribution in [0.3, 0.4) is 0 Å². The monoisotopic (exact) mass is 416 g/mol. The zero-order chi connectivity index (χ0) is 22.2. The van der Waals surface area contributed by atoms with Gasteiger partial charge in [-0.15, -0.1) is 0 Å². The van der Waals surface area contributed by atoms with Crippen molar-refractivity contribution < 1.29 is 19.1 Å². The van der Waals surface area contributed by atoms with Crippen LogP contribution in [0.15, 0.2) is 78.9 Å². The molecule has 0 unspecified atom stereocenters. The Balaban J connectivity index is 1.60. The number of hydrogen-bond donors (Lipinski definition) is 2. The summed E-state index contributed by atoms with van der Waals surface area (Å²) in [6.45, 7) is 3.25. The Morgan fingerprint density at radius 1 is 0.839 bits per heavy atom. The smallest absolute Gasteiger partial charge is 0.325 e. The highest BCUT2D eigenvalue weighted by Crippen LogP contribution is 2.25. The van der Waals surface area contributed by atoms with Gasteiger partial charge >= 0.3 is 12.0 Å². The van der Waals surface area contributed by atoms with Gasteiger partial charge in [-0.3, -0.25) is 14.9 Å². The Kier molecular flexibility index (Phi) is 7.17. The molecule has 6 heteroatoms. The number of imide groups is 1. The number of carbonyl (C=O) groups excluding carboxylic acids is 3. The zero-order valence-electron chi connectivity index (χ0n) is 17.4. The number of ether oxygens (including phenoxy) is 1. The molecule has 0 aliphatic rings. The van der Waals surface area contributed by atoms with Crippen molar-refractivity contribution in [3.8, 4) is 0 Å². The number of anilines is 1. The first-order valence-corrected chi connectivity index (χ1v) is 9.88. The summed E-state index contributed by atoms with van der Waals surface area (Å²) >= 11 is 0. The quantitative estimate of drug-likeness (QED) is 0.586. The van der Waals surface area contributed by atoms with Gasteiger partial charge in [-0.1, -0.05) is 78.4 Å². The molecule has 0 aliphatic heterocycles. The highest BCUT2D eigenvalue weighted by atomic mass is 16.5. The summed E-state index contributed by atoms with van der Waals surface area (Å²) in [6, 6.07) is 23.2. The Bertz CT molecular complexity index is 1030. The first-order chi connectivity index (χ1) is 14.9. The average molecular weight is 416 g/mol. The molecular weight excluding hydrogens is 392 g/mol. The second kappa shape index (κ2) is 10.2. The van der Waals surface area contributed by atoms with Crippen molar-refractivity contribution in [3.63, 3.8) is 0 Å². The molecule has 2 N–H and O–H groups in total. The fourth-order valence-electron chi connectivity index (χ4n) is 3.25. The Morgan fingerprint density at radius 3 is 1.97 bits per heavy atom. The Labute approximate surface area is 181 Å². The second-order valence-corrected chi connectivity index (χ2v) is 7.18. The minimum absolute atomic E-state index is 0.560. The van der Waals surface area contributed by atoms with Crippen molar-refractivity contribution in [2.75, 3.05) is 11.9 Å². The van der Waals surface area contributed by atoms with E-state index in [0.717, 1.165) is 22.3 Å². The molecule has 0 fully saturated rings. The van der Waals surface area contributed by atoms with Gasteiger partial charge in [-0.2, -0.15) is 0 Å². The largest absolute Gasteiger partial charge is 0.455 e. The standard InChI is InChI=1S/C25H24N2O4/c1-17-13-14-21(18(2)15-17)26-25(30)27-22(28)16-31-24(29)23(19-9-5-3-6-10-19)20-11-7-4-8-12-20/h3-15,23H,16H2,1-2H3,(H2,26,27,28,30). The minimum atomic E-state index is -0.713. The second-order valence-electron chi connectivity index (χ2n) is 7.18. The van der Waals surface area contributed by atoms with Crippen LogP contribution in [0.25, 0.3) is 0 Å². The third kappa shape index (κ3) is 6.02. The molecule has 3 aromatic carbocycles. The van der Waals surface area contributed by atoms with E-state index in [9.17, 15) is 14.4 Å². The van der Waals surface area contributed by atoms with Crippen LogP contribution in [0.1, 0.15) is 28.2 Å². The van der Waals surface area contributed by atoms with Gasteiger partial charge in [0.05, 0.1) is 0 Å². The van der Waals surface area contributed by atoms with Crippen LogP contribution >= 0.6 is 0 Å². The minimum Gasteiger partial charge on any atom is -0.455 e. The van der Waals surface area contributed by atoms with Gasteiger partial charge in [0, 0.05) is 5.69 Å². The highest BCUT2D eigenvalue weighted by Gasteiger charge is 2.25. The summed E-state index contributed by atoms with van der Waals surface area (Å²) in [5.74, 6) is -1.95. The Morgan fingerprint density at radius 2 is 1.42 bits per heavy atom. The van der Waals surface area contributed by atoms with Crippen LogP contribution in [0, 0.1) is 13.8 Å². The van der Waals surface area contributed by atoms with Crippen molar-refractivity contribution >= 4 is 23.6 Å². The molecule has 0 aromatic heterocycles. The summed E-state index contributed by atoms with van der Waals surface area (Å²) in [4.78, 5) is 37.0. The zero-order valence-corrected chi connectivity index (χ0v) is 17.4. The average Bonchev–Trinajstić information content (AvgIpc) is 2.76. The lowest BCUT2D eigenvalue weighted by Gasteiger charge is -2.17. The normalized spacial score (nSPS) is 10.4. The predicted octanol–water partition coefficient (Wildman–Crippen LogP) is 4.33. The first-order valence-electron chi connectivity index (χ1n) is 9.88. The summed E-state index contributed by atoms with van der Waals surface area (Å²) < 4.78 is 5.23. The number of urea groups is 1. The maximum Gasteiger partial charge on any atom is 0.325 e. The van der Waals surface area contributed by atoms with Gasteiger partial charge in [-0.25, -0.2) is 4.79 Å². The molecule has 158 valence electrons. The molecule has 3 rings (SSSR count). The van der Waals surface area contributed by atoms with Crippen LogP contribution in [0.2, 0.25) is 0 Å².